The average Bonchev–Trinajstić information content (AvgIpc) is 2.45. The number of rotatable bonds is 4. The Kier molecular flexibility index (Phi) is 4.63. The summed E-state index contributed by atoms with van der Waals surface area (Å²) in [4.78, 5) is 0. The normalized spacial score (nSPS) is 11.3. The van der Waals surface area contributed by atoms with Crippen LogP contribution in [-0.2, 0) is 12.7 Å². The third-order valence-corrected chi connectivity index (χ3v) is 3.33. The molecule has 0 fully saturated rings. The van der Waals surface area contributed by atoms with Crippen LogP contribution in [0.4, 0.5) is 18.9 Å². The first kappa shape index (κ1) is 15.5. The van der Waals surface area contributed by atoms with E-state index in [1.165, 1.54) is 19.2 Å². The number of hydrogen-bond acceptors (Lipinski definition) is 2. The number of methoxy groups -OCH3 is 1. The van der Waals surface area contributed by atoms with Crippen LogP contribution in [-0.4, -0.2) is 7.11 Å². The van der Waals surface area contributed by atoms with Crippen LogP contribution < -0.4 is 10.1 Å². The maximum absolute atomic E-state index is 12.5. The van der Waals surface area contributed by atoms with Crippen molar-refractivity contribution in [3.63, 3.8) is 0 Å². The zero-order chi connectivity index (χ0) is 15.5. The first-order valence-electron chi connectivity index (χ1n) is 6.14. The van der Waals surface area contributed by atoms with Gasteiger partial charge in [-0.2, -0.15) is 13.2 Å². The van der Waals surface area contributed by atoms with Crippen LogP contribution in [0.3, 0.4) is 0 Å². The van der Waals surface area contributed by atoms with Crippen LogP contribution in [0.5, 0.6) is 5.75 Å². The van der Waals surface area contributed by atoms with E-state index in [-0.39, 0.29) is 0 Å². The van der Waals surface area contributed by atoms with Gasteiger partial charge in [0.25, 0.3) is 0 Å². The predicted molar refractivity (Wildman–Crippen MR) is 76.8 cm³/mol. The Labute approximate surface area is 125 Å². The summed E-state index contributed by atoms with van der Waals surface area (Å²) in [5, 5.41) is 3.56. The first-order valence-corrected chi connectivity index (χ1v) is 6.52. The quantitative estimate of drug-likeness (QED) is 0.859. The molecule has 0 bridgehead atoms. The highest BCUT2D eigenvalue weighted by Gasteiger charge is 2.29. The number of hydrogen-bond donors (Lipinski definition) is 1. The Bertz CT molecular complexity index is 611. The fraction of sp³-hybridized carbons (Fsp3) is 0.200. The van der Waals surface area contributed by atoms with E-state index in [2.05, 4.69) is 5.32 Å². The molecule has 0 saturated heterocycles. The molecular weight excluding hydrogens is 303 g/mol. The van der Waals surface area contributed by atoms with Crippen LogP contribution in [0.25, 0.3) is 0 Å². The van der Waals surface area contributed by atoms with Crippen molar-refractivity contribution < 1.29 is 17.9 Å². The highest BCUT2D eigenvalue weighted by atomic mass is 35.5. The molecule has 2 aromatic rings. The van der Waals surface area contributed by atoms with Crippen LogP contribution >= 0.6 is 11.6 Å². The zero-order valence-corrected chi connectivity index (χ0v) is 11.9. The molecule has 0 amide bonds. The Hall–Kier alpha value is -1.88. The van der Waals surface area contributed by atoms with E-state index in [1.54, 1.807) is 18.2 Å². The summed E-state index contributed by atoms with van der Waals surface area (Å²) in [7, 11) is 1.54. The fourth-order valence-electron chi connectivity index (χ4n) is 1.87. The van der Waals surface area contributed by atoms with Crippen molar-refractivity contribution in [2.45, 2.75) is 12.7 Å². The van der Waals surface area contributed by atoms with Crippen LogP contribution in [0.1, 0.15) is 11.1 Å². The summed E-state index contributed by atoms with van der Waals surface area (Å²) in [6.45, 7) is 0.355. The highest BCUT2D eigenvalue weighted by Crippen LogP contribution is 2.30. The molecule has 6 heteroatoms. The molecule has 0 saturated carbocycles. The summed E-state index contributed by atoms with van der Waals surface area (Å²) < 4.78 is 42.6. The van der Waals surface area contributed by atoms with Gasteiger partial charge in [-0.15, -0.1) is 0 Å². The van der Waals surface area contributed by atoms with Gasteiger partial charge in [-0.25, -0.2) is 0 Å². The van der Waals surface area contributed by atoms with Gasteiger partial charge in [-0.1, -0.05) is 17.7 Å². The lowest BCUT2D eigenvalue weighted by Gasteiger charge is -2.13. The third kappa shape index (κ3) is 3.82. The van der Waals surface area contributed by atoms with E-state index in [0.717, 1.165) is 17.7 Å². The third-order valence-electron chi connectivity index (χ3n) is 2.98. The van der Waals surface area contributed by atoms with Crippen molar-refractivity contribution in [2.75, 3.05) is 12.4 Å². The molecule has 0 spiro atoms. The van der Waals surface area contributed by atoms with Crippen molar-refractivity contribution in [3.05, 3.63) is 58.6 Å². The molecule has 0 radical (unpaired) electrons. The SMILES string of the molecule is COc1cccc(Cl)c1CNc1ccc(C(F)(F)F)cc1. The van der Waals surface area contributed by atoms with Gasteiger partial charge in [0.15, 0.2) is 0 Å². The largest absolute Gasteiger partial charge is 0.496 e. The molecule has 0 unspecified atom stereocenters. The van der Waals surface area contributed by atoms with Crippen molar-refractivity contribution in [1.82, 2.24) is 0 Å². The van der Waals surface area contributed by atoms with Gasteiger partial charge in [0.2, 0.25) is 0 Å². The average molecular weight is 316 g/mol. The summed E-state index contributed by atoms with van der Waals surface area (Å²) >= 11 is 6.09. The number of ether oxygens (including phenoxy) is 1. The highest BCUT2D eigenvalue weighted by molar-refractivity contribution is 6.31. The number of anilines is 1. The van der Waals surface area contributed by atoms with Crippen molar-refractivity contribution in [3.8, 4) is 5.75 Å². The van der Waals surface area contributed by atoms with E-state index >= 15 is 0 Å². The minimum atomic E-state index is -4.33. The molecule has 0 atom stereocenters. The Morgan fingerprint density at radius 2 is 1.76 bits per heavy atom. The topological polar surface area (TPSA) is 21.3 Å². The summed E-state index contributed by atoms with van der Waals surface area (Å²) in [6.07, 6.45) is -4.33. The van der Waals surface area contributed by atoms with E-state index < -0.39 is 11.7 Å². The summed E-state index contributed by atoms with van der Waals surface area (Å²) in [5.74, 6) is 0.627. The van der Waals surface area contributed by atoms with Gasteiger partial charge >= 0.3 is 6.18 Å². The van der Waals surface area contributed by atoms with Gasteiger partial charge in [-0.3, -0.25) is 0 Å². The van der Waals surface area contributed by atoms with E-state index in [1.807, 2.05) is 0 Å². The number of halogens is 4. The molecule has 2 rings (SSSR count). The van der Waals surface area contributed by atoms with Crippen molar-refractivity contribution >= 4 is 17.3 Å². The second kappa shape index (κ2) is 6.26. The lowest BCUT2D eigenvalue weighted by Crippen LogP contribution is -2.06. The van der Waals surface area contributed by atoms with Crippen LogP contribution in [0.2, 0.25) is 5.02 Å². The summed E-state index contributed by atoms with van der Waals surface area (Å²) in [6, 6.07) is 10.1. The molecule has 2 nitrogen and oxygen atoms in total. The molecule has 21 heavy (non-hydrogen) atoms. The molecule has 0 aliphatic carbocycles. The lowest BCUT2D eigenvalue weighted by molar-refractivity contribution is -0.137. The molecule has 0 heterocycles. The second-order valence-corrected chi connectivity index (χ2v) is 4.76. The van der Waals surface area contributed by atoms with Gasteiger partial charge in [0.1, 0.15) is 5.75 Å². The van der Waals surface area contributed by atoms with Crippen molar-refractivity contribution in [1.29, 1.82) is 0 Å². The standard InChI is InChI=1S/C15H13ClF3NO/c1-21-14-4-2-3-13(16)12(14)9-20-11-7-5-10(6-8-11)15(17,18)19/h2-8,20H,9H2,1H3. The Balaban J connectivity index is 2.10. The van der Waals surface area contributed by atoms with Gasteiger partial charge in [0, 0.05) is 22.8 Å². The molecule has 1 N–H and O–H groups in total. The summed E-state index contributed by atoms with van der Waals surface area (Å²) in [5.41, 5.74) is 0.648. The minimum Gasteiger partial charge on any atom is -0.496 e. The maximum atomic E-state index is 12.5. The molecule has 0 aromatic heterocycles. The molecular formula is C15H13ClF3NO. The van der Waals surface area contributed by atoms with Crippen LogP contribution in [0, 0.1) is 0 Å². The fourth-order valence-corrected chi connectivity index (χ4v) is 2.10. The predicted octanol–water partition coefficient (Wildman–Crippen LogP) is 4.98. The van der Waals surface area contributed by atoms with E-state index in [4.69, 9.17) is 16.3 Å². The van der Waals surface area contributed by atoms with Gasteiger partial charge < -0.3 is 10.1 Å². The van der Waals surface area contributed by atoms with Crippen LogP contribution in [0.15, 0.2) is 42.5 Å². The lowest BCUT2D eigenvalue weighted by atomic mass is 10.1. The zero-order valence-electron chi connectivity index (χ0n) is 11.2. The molecule has 112 valence electrons. The minimum absolute atomic E-state index is 0.355. The second-order valence-electron chi connectivity index (χ2n) is 4.35. The number of benzene rings is 2. The van der Waals surface area contributed by atoms with E-state index in [0.29, 0.717) is 23.0 Å². The van der Waals surface area contributed by atoms with Crippen molar-refractivity contribution in [2.24, 2.45) is 0 Å². The van der Waals surface area contributed by atoms with Gasteiger partial charge in [-0.05, 0) is 36.4 Å². The Morgan fingerprint density at radius 1 is 1.10 bits per heavy atom. The first-order chi connectivity index (χ1) is 9.91. The van der Waals surface area contributed by atoms with E-state index in [9.17, 15) is 13.2 Å². The number of alkyl halides is 3. The Morgan fingerprint density at radius 3 is 2.33 bits per heavy atom. The smallest absolute Gasteiger partial charge is 0.416 e. The molecule has 2 aromatic carbocycles. The number of nitrogens with one attached hydrogen (secondary N) is 1. The monoisotopic (exact) mass is 315 g/mol. The maximum Gasteiger partial charge on any atom is 0.416 e. The van der Waals surface area contributed by atoms with Gasteiger partial charge in [0.05, 0.1) is 12.7 Å². The molecule has 0 aliphatic rings. The molecule has 0 aliphatic heterocycles.